The van der Waals surface area contributed by atoms with Crippen LogP contribution in [0.4, 0.5) is 0 Å². The third-order valence-electron chi connectivity index (χ3n) is 3.15. The van der Waals surface area contributed by atoms with Gasteiger partial charge in [-0.3, -0.25) is 4.79 Å². The molecule has 2 heteroatoms. The van der Waals surface area contributed by atoms with Crippen LogP contribution in [0.15, 0.2) is 54.7 Å². The van der Waals surface area contributed by atoms with Crippen molar-refractivity contribution in [3.63, 3.8) is 0 Å². The second-order valence-corrected chi connectivity index (χ2v) is 4.38. The van der Waals surface area contributed by atoms with Gasteiger partial charge in [0.1, 0.15) is 0 Å². The lowest BCUT2D eigenvalue weighted by molar-refractivity contribution is 0.112. The Morgan fingerprint density at radius 2 is 1.68 bits per heavy atom. The molecular formula is C17H13NO. The first-order valence-corrected chi connectivity index (χ1v) is 6.17. The minimum atomic E-state index is 0.698. The van der Waals surface area contributed by atoms with E-state index in [0.717, 1.165) is 28.3 Å². The van der Waals surface area contributed by atoms with E-state index in [-0.39, 0.29) is 0 Å². The number of aromatic amines is 1. The molecule has 2 aromatic carbocycles. The highest BCUT2D eigenvalue weighted by atomic mass is 16.1. The summed E-state index contributed by atoms with van der Waals surface area (Å²) in [6.45, 7) is 0. The SMILES string of the molecule is O=Cc1c[nH]c2cccc(C=Cc3ccccc3)c12. The Morgan fingerprint density at radius 1 is 0.842 bits per heavy atom. The van der Waals surface area contributed by atoms with Gasteiger partial charge in [-0.2, -0.15) is 0 Å². The molecule has 0 radical (unpaired) electrons. The summed E-state index contributed by atoms with van der Waals surface area (Å²) in [5, 5.41) is 0.977. The molecule has 0 saturated carbocycles. The maximum Gasteiger partial charge on any atom is 0.152 e. The zero-order chi connectivity index (χ0) is 13.1. The molecule has 19 heavy (non-hydrogen) atoms. The molecule has 0 amide bonds. The fourth-order valence-corrected chi connectivity index (χ4v) is 2.22. The summed E-state index contributed by atoms with van der Waals surface area (Å²) in [5.41, 5.74) is 3.87. The first kappa shape index (κ1) is 11.5. The Kier molecular flexibility index (Phi) is 2.99. The average molecular weight is 247 g/mol. The number of carbonyl (C=O) groups is 1. The maximum absolute atomic E-state index is 11.1. The molecule has 0 bridgehead atoms. The van der Waals surface area contributed by atoms with Crippen molar-refractivity contribution in [2.75, 3.05) is 0 Å². The van der Waals surface area contributed by atoms with Crippen LogP contribution in [0.5, 0.6) is 0 Å². The van der Waals surface area contributed by atoms with Gasteiger partial charge in [0, 0.05) is 22.7 Å². The lowest BCUT2D eigenvalue weighted by Crippen LogP contribution is -1.80. The van der Waals surface area contributed by atoms with Gasteiger partial charge in [0.25, 0.3) is 0 Å². The fraction of sp³-hybridized carbons (Fsp3) is 0. The molecule has 0 spiro atoms. The summed E-state index contributed by atoms with van der Waals surface area (Å²) in [5.74, 6) is 0. The summed E-state index contributed by atoms with van der Waals surface area (Å²) >= 11 is 0. The van der Waals surface area contributed by atoms with Crippen LogP contribution in [-0.4, -0.2) is 11.3 Å². The first-order valence-electron chi connectivity index (χ1n) is 6.17. The molecule has 92 valence electrons. The predicted molar refractivity (Wildman–Crippen MR) is 79.1 cm³/mol. The highest BCUT2D eigenvalue weighted by molar-refractivity contribution is 6.02. The van der Waals surface area contributed by atoms with Gasteiger partial charge < -0.3 is 4.98 Å². The topological polar surface area (TPSA) is 32.9 Å². The third-order valence-corrected chi connectivity index (χ3v) is 3.15. The van der Waals surface area contributed by atoms with Crippen molar-refractivity contribution in [2.45, 2.75) is 0 Å². The second-order valence-electron chi connectivity index (χ2n) is 4.38. The van der Waals surface area contributed by atoms with Gasteiger partial charge in [-0.05, 0) is 17.2 Å². The number of aromatic nitrogens is 1. The molecule has 0 atom stereocenters. The Labute approximate surface area is 111 Å². The monoisotopic (exact) mass is 247 g/mol. The Bertz CT molecular complexity index is 738. The van der Waals surface area contributed by atoms with Crippen LogP contribution in [0.2, 0.25) is 0 Å². The number of rotatable bonds is 3. The molecule has 3 aromatic rings. The van der Waals surface area contributed by atoms with Crippen LogP contribution in [0.1, 0.15) is 21.5 Å². The quantitative estimate of drug-likeness (QED) is 0.547. The third kappa shape index (κ3) is 2.20. The van der Waals surface area contributed by atoms with E-state index in [9.17, 15) is 4.79 Å². The molecule has 0 aliphatic heterocycles. The zero-order valence-corrected chi connectivity index (χ0v) is 10.3. The number of nitrogens with one attached hydrogen (secondary N) is 1. The summed E-state index contributed by atoms with van der Waals surface area (Å²) in [6, 6.07) is 16.1. The van der Waals surface area contributed by atoms with E-state index >= 15 is 0 Å². The number of aldehydes is 1. The molecule has 3 rings (SSSR count). The van der Waals surface area contributed by atoms with Crippen LogP contribution in [0.25, 0.3) is 23.1 Å². The lowest BCUT2D eigenvalue weighted by atomic mass is 10.1. The van der Waals surface area contributed by atoms with E-state index in [1.54, 1.807) is 6.20 Å². The van der Waals surface area contributed by atoms with Crippen LogP contribution in [-0.2, 0) is 0 Å². The van der Waals surface area contributed by atoms with Crippen molar-refractivity contribution < 1.29 is 4.79 Å². The molecule has 0 unspecified atom stereocenters. The summed E-state index contributed by atoms with van der Waals surface area (Å²) < 4.78 is 0. The van der Waals surface area contributed by atoms with Gasteiger partial charge in [-0.15, -0.1) is 0 Å². The van der Waals surface area contributed by atoms with Gasteiger partial charge in [-0.1, -0.05) is 54.6 Å². The number of hydrogen-bond donors (Lipinski definition) is 1. The number of H-pyrrole nitrogens is 1. The molecule has 0 fully saturated rings. The number of carbonyl (C=O) groups excluding carboxylic acids is 1. The maximum atomic E-state index is 11.1. The highest BCUT2D eigenvalue weighted by Gasteiger charge is 2.05. The van der Waals surface area contributed by atoms with E-state index in [0.29, 0.717) is 5.56 Å². The average Bonchev–Trinajstić information content (AvgIpc) is 2.90. The van der Waals surface area contributed by atoms with Gasteiger partial charge in [-0.25, -0.2) is 0 Å². The highest BCUT2D eigenvalue weighted by Crippen LogP contribution is 2.23. The van der Waals surface area contributed by atoms with Crippen LogP contribution < -0.4 is 0 Å². The molecule has 1 aromatic heterocycles. The molecule has 0 saturated heterocycles. The summed E-state index contributed by atoms with van der Waals surface area (Å²) in [6.07, 6.45) is 6.73. The van der Waals surface area contributed by atoms with Crippen LogP contribution in [0.3, 0.4) is 0 Å². The first-order chi connectivity index (χ1) is 9.38. The van der Waals surface area contributed by atoms with Crippen molar-refractivity contribution in [3.8, 4) is 0 Å². The molecular weight excluding hydrogens is 234 g/mol. The van der Waals surface area contributed by atoms with Gasteiger partial charge in [0.05, 0.1) is 0 Å². The standard InChI is InChI=1S/C17H13NO/c19-12-15-11-18-16-8-4-7-14(17(15)16)10-9-13-5-2-1-3-6-13/h1-12,18H. The van der Waals surface area contributed by atoms with E-state index in [4.69, 9.17) is 0 Å². The van der Waals surface area contributed by atoms with Crippen molar-refractivity contribution in [1.82, 2.24) is 4.98 Å². The fourth-order valence-electron chi connectivity index (χ4n) is 2.22. The van der Waals surface area contributed by atoms with Crippen molar-refractivity contribution in [2.24, 2.45) is 0 Å². The van der Waals surface area contributed by atoms with Crippen molar-refractivity contribution in [1.29, 1.82) is 0 Å². The van der Waals surface area contributed by atoms with Gasteiger partial charge in [0.2, 0.25) is 0 Å². The van der Waals surface area contributed by atoms with Crippen LogP contribution in [0, 0.1) is 0 Å². The smallest absolute Gasteiger partial charge is 0.152 e. The Hall–Kier alpha value is -2.61. The minimum Gasteiger partial charge on any atom is -0.360 e. The normalized spacial score (nSPS) is 11.2. The second kappa shape index (κ2) is 4.94. The zero-order valence-electron chi connectivity index (χ0n) is 10.3. The minimum absolute atomic E-state index is 0.698. The van der Waals surface area contributed by atoms with Crippen molar-refractivity contribution in [3.05, 3.63) is 71.4 Å². The van der Waals surface area contributed by atoms with E-state index in [1.807, 2.05) is 54.6 Å². The van der Waals surface area contributed by atoms with Gasteiger partial charge in [0.15, 0.2) is 6.29 Å². The molecule has 1 heterocycles. The van der Waals surface area contributed by atoms with Crippen LogP contribution >= 0.6 is 0 Å². The van der Waals surface area contributed by atoms with E-state index < -0.39 is 0 Å². The number of hydrogen-bond acceptors (Lipinski definition) is 1. The van der Waals surface area contributed by atoms with Gasteiger partial charge >= 0.3 is 0 Å². The molecule has 1 N–H and O–H groups in total. The molecule has 2 nitrogen and oxygen atoms in total. The lowest BCUT2D eigenvalue weighted by Gasteiger charge is -1.98. The van der Waals surface area contributed by atoms with E-state index in [1.165, 1.54) is 0 Å². The van der Waals surface area contributed by atoms with E-state index in [2.05, 4.69) is 11.1 Å². The summed E-state index contributed by atoms with van der Waals surface area (Å²) in [4.78, 5) is 14.2. The van der Waals surface area contributed by atoms with Crippen molar-refractivity contribution >= 4 is 29.3 Å². The predicted octanol–water partition coefficient (Wildman–Crippen LogP) is 4.15. The molecule has 0 aliphatic rings. The largest absolute Gasteiger partial charge is 0.360 e. The Balaban J connectivity index is 2.08. The number of fused-ring (bicyclic) bond motifs is 1. The summed E-state index contributed by atoms with van der Waals surface area (Å²) in [7, 11) is 0. The Morgan fingerprint density at radius 3 is 2.47 bits per heavy atom. The number of benzene rings is 2. The molecule has 0 aliphatic carbocycles.